The largest absolute Gasteiger partial charge is 0.504 e. The predicted molar refractivity (Wildman–Crippen MR) is 87.4 cm³/mol. The van der Waals surface area contributed by atoms with E-state index in [1.165, 1.54) is 44.6 Å². The van der Waals surface area contributed by atoms with Crippen molar-refractivity contribution < 1.29 is 34.0 Å². The molecule has 2 N–H and O–H groups in total. The number of ether oxygens (including phenoxy) is 4. The lowest BCUT2D eigenvalue weighted by atomic mass is 9.83. The number of phenols is 1. The number of esters is 1. The molecule has 132 valence electrons. The van der Waals surface area contributed by atoms with Gasteiger partial charge in [0, 0.05) is 17.2 Å². The summed E-state index contributed by atoms with van der Waals surface area (Å²) in [5.74, 6) is -0.276. The van der Waals surface area contributed by atoms with Crippen molar-refractivity contribution in [2.75, 3.05) is 20.8 Å². The van der Waals surface area contributed by atoms with Crippen LogP contribution in [0.25, 0.3) is 0 Å². The van der Waals surface area contributed by atoms with Gasteiger partial charge in [-0.05, 0) is 19.1 Å². The minimum absolute atomic E-state index is 0.0160. The first-order valence-corrected chi connectivity index (χ1v) is 7.63. The maximum Gasteiger partial charge on any atom is 0.347 e. The highest BCUT2D eigenvalue weighted by molar-refractivity contribution is 5.89. The summed E-state index contributed by atoms with van der Waals surface area (Å²) in [4.78, 5) is 12.6. The molecule has 1 atom stereocenters. The fourth-order valence-corrected chi connectivity index (χ4v) is 2.86. The van der Waals surface area contributed by atoms with Crippen LogP contribution in [0, 0.1) is 0 Å². The van der Waals surface area contributed by atoms with Crippen LogP contribution >= 0.6 is 0 Å². The topological polar surface area (TPSA) is 94.5 Å². The van der Waals surface area contributed by atoms with E-state index in [2.05, 4.69) is 0 Å². The molecule has 2 aromatic rings. The zero-order chi connectivity index (χ0) is 18.2. The molecule has 25 heavy (non-hydrogen) atoms. The van der Waals surface area contributed by atoms with E-state index in [1.807, 2.05) is 0 Å². The second-order valence-electron chi connectivity index (χ2n) is 5.39. The molecule has 0 radical (unpaired) electrons. The van der Waals surface area contributed by atoms with Crippen molar-refractivity contribution in [1.82, 2.24) is 0 Å². The maximum atomic E-state index is 12.6. The molecule has 1 aliphatic rings. The summed E-state index contributed by atoms with van der Waals surface area (Å²) in [5, 5.41) is 21.4. The first kappa shape index (κ1) is 16.9. The van der Waals surface area contributed by atoms with E-state index in [9.17, 15) is 15.0 Å². The lowest BCUT2D eigenvalue weighted by molar-refractivity contribution is -0.162. The molecule has 0 bridgehead atoms. The molecule has 0 amide bonds. The van der Waals surface area contributed by atoms with Crippen LogP contribution in [-0.4, -0.2) is 37.0 Å². The van der Waals surface area contributed by atoms with E-state index in [0.29, 0.717) is 11.5 Å². The van der Waals surface area contributed by atoms with Gasteiger partial charge in [0.25, 0.3) is 0 Å². The molecule has 0 aliphatic carbocycles. The van der Waals surface area contributed by atoms with E-state index in [-0.39, 0.29) is 35.0 Å². The fourth-order valence-electron chi connectivity index (χ4n) is 2.86. The zero-order valence-corrected chi connectivity index (χ0v) is 14.0. The SMILES string of the molecule is CCOC(=O)C1(O)c2cc(OC)c(OC)cc2Oc2c(O)cccc21. The van der Waals surface area contributed by atoms with Gasteiger partial charge in [-0.2, -0.15) is 0 Å². The van der Waals surface area contributed by atoms with Crippen LogP contribution in [-0.2, 0) is 15.1 Å². The molecule has 0 fully saturated rings. The van der Waals surface area contributed by atoms with Gasteiger partial charge in [-0.1, -0.05) is 12.1 Å². The standard InChI is InChI=1S/C18H18O7/c1-4-24-17(20)18(21)10-6-5-7-12(19)16(10)25-13-9-15(23-3)14(22-2)8-11(13)18/h5-9,19,21H,4H2,1-3H3. The molecular weight excluding hydrogens is 328 g/mol. The number of carbonyl (C=O) groups is 1. The fraction of sp³-hybridized carbons (Fsp3) is 0.278. The number of phenolic OH excluding ortho intramolecular Hbond substituents is 1. The van der Waals surface area contributed by atoms with Crippen molar-refractivity contribution in [3.63, 3.8) is 0 Å². The summed E-state index contributed by atoms with van der Waals surface area (Å²) in [6, 6.07) is 7.33. The van der Waals surface area contributed by atoms with Crippen molar-refractivity contribution in [3.8, 4) is 28.7 Å². The zero-order valence-electron chi connectivity index (χ0n) is 14.0. The lowest BCUT2D eigenvalue weighted by Crippen LogP contribution is -2.41. The molecule has 2 aromatic carbocycles. The number of aromatic hydroxyl groups is 1. The third kappa shape index (κ3) is 2.44. The molecule has 1 unspecified atom stereocenters. The van der Waals surface area contributed by atoms with Gasteiger partial charge < -0.3 is 29.2 Å². The Kier molecular flexibility index (Phi) is 4.18. The van der Waals surface area contributed by atoms with Crippen molar-refractivity contribution >= 4 is 5.97 Å². The van der Waals surface area contributed by atoms with Crippen molar-refractivity contribution in [3.05, 3.63) is 41.5 Å². The van der Waals surface area contributed by atoms with Crippen LogP contribution in [0.1, 0.15) is 18.1 Å². The molecule has 0 spiro atoms. The quantitative estimate of drug-likeness (QED) is 0.820. The number of fused-ring (bicyclic) bond motifs is 2. The molecular formula is C18H18O7. The Labute approximate surface area is 144 Å². The second kappa shape index (κ2) is 6.18. The van der Waals surface area contributed by atoms with Gasteiger partial charge in [0.15, 0.2) is 23.0 Å². The van der Waals surface area contributed by atoms with Crippen LogP contribution in [0.3, 0.4) is 0 Å². The van der Waals surface area contributed by atoms with E-state index in [0.717, 1.165) is 0 Å². The Hall–Kier alpha value is -2.93. The second-order valence-corrected chi connectivity index (χ2v) is 5.39. The number of para-hydroxylation sites is 1. The normalized spacial score (nSPS) is 17.8. The monoisotopic (exact) mass is 346 g/mol. The van der Waals surface area contributed by atoms with Gasteiger partial charge in [0.05, 0.1) is 20.8 Å². The number of carbonyl (C=O) groups excluding carboxylic acids is 1. The van der Waals surface area contributed by atoms with Crippen LogP contribution < -0.4 is 14.2 Å². The average Bonchev–Trinajstić information content (AvgIpc) is 2.62. The molecule has 0 saturated carbocycles. The van der Waals surface area contributed by atoms with Gasteiger partial charge in [0.2, 0.25) is 5.60 Å². The average molecular weight is 346 g/mol. The van der Waals surface area contributed by atoms with Gasteiger partial charge in [-0.25, -0.2) is 4.79 Å². The Morgan fingerprint density at radius 3 is 2.48 bits per heavy atom. The summed E-state index contributed by atoms with van der Waals surface area (Å²) < 4.78 is 21.3. The summed E-state index contributed by atoms with van der Waals surface area (Å²) in [6.45, 7) is 1.72. The van der Waals surface area contributed by atoms with Gasteiger partial charge in [-0.3, -0.25) is 0 Å². The van der Waals surface area contributed by atoms with Crippen LogP contribution in [0.2, 0.25) is 0 Å². The summed E-state index contributed by atoms with van der Waals surface area (Å²) in [5.41, 5.74) is -1.93. The molecule has 7 nitrogen and oxygen atoms in total. The van der Waals surface area contributed by atoms with Crippen molar-refractivity contribution in [2.24, 2.45) is 0 Å². The highest BCUT2D eigenvalue weighted by Gasteiger charge is 2.50. The molecule has 0 saturated heterocycles. The molecule has 7 heteroatoms. The lowest BCUT2D eigenvalue weighted by Gasteiger charge is -2.34. The first-order chi connectivity index (χ1) is 12.0. The number of aliphatic hydroxyl groups is 1. The summed E-state index contributed by atoms with van der Waals surface area (Å²) >= 11 is 0. The van der Waals surface area contributed by atoms with Crippen molar-refractivity contribution in [2.45, 2.75) is 12.5 Å². The first-order valence-electron chi connectivity index (χ1n) is 7.63. The van der Waals surface area contributed by atoms with E-state index in [4.69, 9.17) is 18.9 Å². The predicted octanol–water partition coefficient (Wildman–Crippen LogP) is 2.31. The van der Waals surface area contributed by atoms with Crippen LogP contribution in [0.5, 0.6) is 28.7 Å². The Morgan fingerprint density at radius 1 is 1.16 bits per heavy atom. The number of hydrogen-bond donors (Lipinski definition) is 2. The number of rotatable bonds is 4. The highest BCUT2D eigenvalue weighted by Crippen LogP contribution is 2.53. The van der Waals surface area contributed by atoms with Gasteiger partial charge >= 0.3 is 5.97 Å². The summed E-state index contributed by atoms with van der Waals surface area (Å²) in [7, 11) is 2.90. The minimum Gasteiger partial charge on any atom is -0.504 e. The third-order valence-corrected chi connectivity index (χ3v) is 4.04. The summed E-state index contributed by atoms with van der Waals surface area (Å²) in [6.07, 6.45) is 0. The van der Waals surface area contributed by atoms with Gasteiger partial charge in [-0.15, -0.1) is 0 Å². The maximum absolute atomic E-state index is 12.6. The number of methoxy groups -OCH3 is 2. The highest BCUT2D eigenvalue weighted by atomic mass is 16.6. The Morgan fingerprint density at radius 2 is 1.84 bits per heavy atom. The molecule has 0 aromatic heterocycles. The van der Waals surface area contributed by atoms with E-state index in [1.54, 1.807) is 6.92 Å². The molecule has 1 heterocycles. The minimum atomic E-state index is -2.16. The molecule has 1 aliphatic heterocycles. The van der Waals surface area contributed by atoms with E-state index < -0.39 is 11.6 Å². The smallest absolute Gasteiger partial charge is 0.347 e. The van der Waals surface area contributed by atoms with Crippen LogP contribution in [0.15, 0.2) is 30.3 Å². The third-order valence-electron chi connectivity index (χ3n) is 4.04. The van der Waals surface area contributed by atoms with Gasteiger partial charge in [0.1, 0.15) is 5.75 Å². The Balaban J connectivity index is 2.31. The number of hydrogen-bond acceptors (Lipinski definition) is 7. The van der Waals surface area contributed by atoms with Crippen LogP contribution in [0.4, 0.5) is 0 Å². The molecule has 3 rings (SSSR count). The Bertz CT molecular complexity index is 830. The van der Waals surface area contributed by atoms with E-state index >= 15 is 0 Å². The van der Waals surface area contributed by atoms with Crippen molar-refractivity contribution in [1.29, 1.82) is 0 Å². The number of benzene rings is 2.